The van der Waals surface area contributed by atoms with Crippen LogP contribution in [0.25, 0.3) is 0 Å². The lowest BCUT2D eigenvalue weighted by Gasteiger charge is -2.19. The van der Waals surface area contributed by atoms with Crippen molar-refractivity contribution in [1.29, 1.82) is 0 Å². The van der Waals surface area contributed by atoms with Gasteiger partial charge in [0, 0.05) is 0 Å². The average molecular weight is 409 g/mol. The summed E-state index contributed by atoms with van der Waals surface area (Å²) < 4.78 is 27.8. The van der Waals surface area contributed by atoms with E-state index in [0.29, 0.717) is 0 Å². The molecule has 150 valence electrons. The molecule has 0 aliphatic carbocycles. The number of anilines is 1. The molecule has 6 heteroatoms. The van der Waals surface area contributed by atoms with Crippen LogP contribution in [0, 0.1) is 13.8 Å². The molecule has 3 rings (SSSR count). The van der Waals surface area contributed by atoms with Crippen LogP contribution in [0.2, 0.25) is 0 Å². The number of nitrogens with one attached hydrogen (secondary N) is 2. The second-order valence-electron chi connectivity index (χ2n) is 7.02. The van der Waals surface area contributed by atoms with Gasteiger partial charge >= 0.3 is 0 Å². The molecule has 0 bridgehead atoms. The van der Waals surface area contributed by atoms with Gasteiger partial charge in [-0.3, -0.25) is 9.52 Å². The van der Waals surface area contributed by atoms with Crippen LogP contribution < -0.4 is 10.0 Å². The van der Waals surface area contributed by atoms with Crippen LogP contribution in [0.15, 0.2) is 77.7 Å². The second kappa shape index (κ2) is 8.49. The molecule has 29 heavy (non-hydrogen) atoms. The van der Waals surface area contributed by atoms with Crippen LogP contribution in [-0.2, 0) is 10.0 Å². The van der Waals surface area contributed by atoms with E-state index >= 15 is 0 Å². The van der Waals surface area contributed by atoms with Gasteiger partial charge in [0.05, 0.1) is 22.2 Å². The highest BCUT2D eigenvalue weighted by Gasteiger charge is 2.20. The topological polar surface area (TPSA) is 75.3 Å². The summed E-state index contributed by atoms with van der Waals surface area (Å²) >= 11 is 0. The monoisotopic (exact) mass is 408 g/mol. The fraction of sp³-hybridized carbons (Fsp3) is 0.174. The van der Waals surface area contributed by atoms with Crippen molar-refractivity contribution in [3.63, 3.8) is 0 Å². The largest absolute Gasteiger partial charge is 0.345 e. The molecule has 3 aromatic carbocycles. The summed E-state index contributed by atoms with van der Waals surface area (Å²) in [6, 6.07) is 20.5. The maximum absolute atomic E-state index is 12.9. The molecule has 0 aromatic heterocycles. The molecule has 0 spiro atoms. The minimum atomic E-state index is -3.79. The lowest BCUT2D eigenvalue weighted by atomic mass is 10.00. The Kier molecular flexibility index (Phi) is 6.03. The summed E-state index contributed by atoms with van der Waals surface area (Å²) in [6.45, 7) is 5.94. The maximum atomic E-state index is 12.9. The first-order valence-electron chi connectivity index (χ1n) is 9.33. The van der Waals surface area contributed by atoms with E-state index in [9.17, 15) is 13.2 Å². The lowest BCUT2D eigenvalue weighted by molar-refractivity contribution is 0.0940. The summed E-state index contributed by atoms with van der Waals surface area (Å²) in [5.41, 5.74) is 3.78. The molecule has 0 aliphatic heterocycles. The third-order valence-electron chi connectivity index (χ3n) is 4.71. The maximum Gasteiger partial charge on any atom is 0.261 e. The number of carbonyl (C=O) groups excluding carboxylic acids is 1. The van der Waals surface area contributed by atoms with Crippen molar-refractivity contribution in [2.75, 3.05) is 4.72 Å². The van der Waals surface area contributed by atoms with Crippen molar-refractivity contribution < 1.29 is 13.2 Å². The number of sulfonamides is 1. The number of aryl methyl sites for hydroxylation is 2. The van der Waals surface area contributed by atoms with E-state index < -0.39 is 10.0 Å². The van der Waals surface area contributed by atoms with Crippen molar-refractivity contribution in [2.24, 2.45) is 0 Å². The van der Waals surface area contributed by atoms with E-state index in [0.717, 1.165) is 16.7 Å². The van der Waals surface area contributed by atoms with Crippen LogP contribution in [0.1, 0.15) is 40.0 Å². The van der Waals surface area contributed by atoms with Crippen LogP contribution in [0.5, 0.6) is 0 Å². The molecule has 1 unspecified atom stereocenters. The number of rotatable bonds is 6. The Balaban J connectivity index is 1.84. The molecular weight excluding hydrogens is 384 g/mol. The predicted molar refractivity (Wildman–Crippen MR) is 115 cm³/mol. The van der Waals surface area contributed by atoms with Crippen molar-refractivity contribution in [1.82, 2.24) is 5.32 Å². The SMILES string of the molecule is Cc1ccc(C(C)NC(=O)c2ccccc2NS(=O)(=O)c2ccccc2)c(C)c1. The van der Waals surface area contributed by atoms with Crippen molar-refractivity contribution in [2.45, 2.75) is 31.7 Å². The molecule has 1 atom stereocenters. The Labute approximate surface area is 171 Å². The van der Waals surface area contributed by atoms with Gasteiger partial charge in [-0.1, -0.05) is 54.1 Å². The molecule has 0 saturated carbocycles. The molecule has 5 nitrogen and oxygen atoms in total. The van der Waals surface area contributed by atoms with Gasteiger partial charge in [0.2, 0.25) is 0 Å². The highest BCUT2D eigenvalue weighted by Crippen LogP contribution is 2.23. The van der Waals surface area contributed by atoms with Gasteiger partial charge < -0.3 is 5.32 Å². The zero-order valence-electron chi connectivity index (χ0n) is 16.6. The quantitative estimate of drug-likeness (QED) is 0.626. The zero-order valence-corrected chi connectivity index (χ0v) is 17.5. The van der Waals surface area contributed by atoms with Crippen molar-refractivity contribution in [3.8, 4) is 0 Å². The van der Waals surface area contributed by atoms with E-state index in [1.165, 1.54) is 12.1 Å². The molecule has 2 N–H and O–H groups in total. The molecule has 0 saturated heterocycles. The van der Waals surface area contributed by atoms with Gasteiger partial charge in [-0.2, -0.15) is 0 Å². The molecule has 1 amide bonds. The van der Waals surface area contributed by atoms with Gasteiger partial charge in [-0.25, -0.2) is 8.42 Å². The summed E-state index contributed by atoms with van der Waals surface area (Å²) in [4.78, 5) is 13.0. The number of hydrogen-bond acceptors (Lipinski definition) is 3. The number of para-hydroxylation sites is 1. The average Bonchev–Trinajstić information content (AvgIpc) is 2.68. The fourth-order valence-electron chi connectivity index (χ4n) is 3.24. The smallest absolute Gasteiger partial charge is 0.261 e. The van der Waals surface area contributed by atoms with Crippen LogP contribution in [0.3, 0.4) is 0 Å². The predicted octanol–water partition coefficient (Wildman–Crippen LogP) is 4.60. The zero-order chi connectivity index (χ0) is 21.0. The molecule has 3 aromatic rings. The molecular formula is C23H24N2O3S. The number of amides is 1. The first kappa shape index (κ1) is 20.6. The number of carbonyl (C=O) groups is 1. The van der Waals surface area contributed by atoms with Gasteiger partial charge in [0.1, 0.15) is 0 Å². The first-order chi connectivity index (χ1) is 13.8. The number of benzene rings is 3. The summed E-state index contributed by atoms with van der Waals surface area (Å²) in [6.07, 6.45) is 0. The Bertz CT molecular complexity index is 1130. The van der Waals surface area contributed by atoms with E-state index in [1.54, 1.807) is 42.5 Å². The molecule has 0 radical (unpaired) electrons. The highest BCUT2D eigenvalue weighted by molar-refractivity contribution is 7.92. The van der Waals surface area contributed by atoms with Gasteiger partial charge in [0.25, 0.3) is 15.9 Å². The Morgan fingerprint density at radius 1 is 0.897 bits per heavy atom. The first-order valence-corrected chi connectivity index (χ1v) is 10.8. The van der Waals surface area contributed by atoms with E-state index in [1.807, 2.05) is 32.9 Å². The Hall–Kier alpha value is -3.12. The molecule has 0 fully saturated rings. The van der Waals surface area contributed by atoms with Gasteiger partial charge in [-0.15, -0.1) is 0 Å². The van der Waals surface area contributed by atoms with Crippen molar-refractivity contribution >= 4 is 21.6 Å². The van der Waals surface area contributed by atoms with Gasteiger partial charge in [0.15, 0.2) is 0 Å². The van der Waals surface area contributed by atoms with Gasteiger partial charge in [-0.05, 0) is 56.2 Å². The summed E-state index contributed by atoms with van der Waals surface area (Å²) in [5.74, 6) is -0.344. The molecule has 0 aliphatic rings. The van der Waals surface area contributed by atoms with E-state index in [-0.39, 0.29) is 28.1 Å². The second-order valence-corrected chi connectivity index (χ2v) is 8.70. The number of hydrogen-bond donors (Lipinski definition) is 2. The van der Waals surface area contributed by atoms with Crippen LogP contribution in [-0.4, -0.2) is 14.3 Å². The summed E-state index contributed by atoms with van der Waals surface area (Å²) in [5, 5.41) is 2.96. The lowest BCUT2D eigenvalue weighted by Crippen LogP contribution is -2.28. The van der Waals surface area contributed by atoms with E-state index in [4.69, 9.17) is 0 Å². The highest BCUT2D eigenvalue weighted by atomic mass is 32.2. The normalized spacial score (nSPS) is 12.2. The van der Waals surface area contributed by atoms with Crippen LogP contribution >= 0.6 is 0 Å². The Morgan fingerprint density at radius 3 is 2.24 bits per heavy atom. The van der Waals surface area contributed by atoms with E-state index in [2.05, 4.69) is 16.1 Å². The Morgan fingerprint density at radius 2 is 1.55 bits per heavy atom. The fourth-order valence-corrected chi connectivity index (χ4v) is 4.34. The summed E-state index contributed by atoms with van der Waals surface area (Å²) in [7, 11) is -3.79. The third-order valence-corrected chi connectivity index (χ3v) is 6.09. The standard InChI is InChI=1S/C23H24N2O3S/c1-16-13-14-20(17(2)15-16)18(3)24-23(26)21-11-7-8-12-22(21)25-29(27,28)19-9-5-4-6-10-19/h4-15,18,25H,1-3H3,(H,24,26). The minimum absolute atomic E-state index is 0.138. The van der Waals surface area contributed by atoms with Crippen molar-refractivity contribution in [3.05, 3.63) is 95.1 Å². The molecule has 0 heterocycles. The minimum Gasteiger partial charge on any atom is -0.345 e. The van der Waals surface area contributed by atoms with Crippen LogP contribution in [0.4, 0.5) is 5.69 Å². The third kappa shape index (κ3) is 4.84.